The molecule has 9 rings (SSSR count). The maximum absolute atomic E-state index is 15.0. The molecule has 0 aliphatic carbocycles. The monoisotopic (exact) mass is 1260 g/mol. The quantitative estimate of drug-likeness (QED) is 0.0285. The van der Waals surface area contributed by atoms with Crippen molar-refractivity contribution in [3.63, 3.8) is 0 Å². The molecular weight excluding hydrogens is 1180 g/mol. The van der Waals surface area contributed by atoms with Gasteiger partial charge in [-0.25, -0.2) is 9.97 Å². The average Bonchev–Trinajstić information content (AvgIpc) is 1.68. The Balaban J connectivity index is 0.947. The average molecular weight is 1260 g/mol. The van der Waals surface area contributed by atoms with Crippen molar-refractivity contribution in [2.75, 3.05) is 19.7 Å². The number of likely N-dealkylation sites (N-methyl/N-ethyl adjacent to an activating group) is 1. The first-order valence-corrected chi connectivity index (χ1v) is 30.8. The summed E-state index contributed by atoms with van der Waals surface area (Å²) in [5.74, 6) is -7.33. The summed E-state index contributed by atoms with van der Waals surface area (Å²) < 4.78 is 0. The zero-order valence-electron chi connectivity index (χ0n) is 51.2. The van der Waals surface area contributed by atoms with Gasteiger partial charge in [0, 0.05) is 98.2 Å². The molecule has 2 fully saturated rings. The van der Waals surface area contributed by atoms with E-state index in [0.29, 0.717) is 52.9 Å². The van der Waals surface area contributed by atoms with Crippen molar-refractivity contribution in [2.45, 2.75) is 139 Å². The van der Waals surface area contributed by atoms with E-state index in [4.69, 9.17) is 0 Å². The molecule has 6 heterocycles. The predicted molar refractivity (Wildman–Crippen MR) is 335 cm³/mol. The number of likely N-dealkylation sites (tertiary alicyclic amines) is 1. The van der Waals surface area contributed by atoms with E-state index in [1.54, 1.807) is 37.5 Å². The van der Waals surface area contributed by atoms with Gasteiger partial charge in [0.25, 0.3) is 0 Å². The molecule has 0 radical (unpaired) electrons. The summed E-state index contributed by atoms with van der Waals surface area (Å²) in [7, 11) is 0. The molecule has 0 unspecified atom stereocenters. The van der Waals surface area contributed by atoms with Crippen LogP contribution in [-0.4, -0.2) is 178 Å². The van der Waals surface area contributed by atoms with Gasteiger partial charge in [0.05, 0.1) is 30.6 Å². The molecule has 2 aliphatic heterocycles. The number of aromatic hydroxyl groups is 1. The van der Waals surface area contributed by atoms with Gasteiger partial charge in [0.1, 0.15) is 60.1 Å². The highest BCUT2D eigenvalue weighted by molar-refractivity contribution is 6.00. The van der Waals surface area contributed by atoms with Crippen LogP contribution in [0.1, 0.15) is 81.0 Å². The first-order chi connectivity index (χ1) is 44.3. The van der Waals surface area contributed by atoms with E-state index in [1.165, 1.54) is 42.1 Å². The number of fused-ring (bicyclic) bond motifs is 2. The Kier molecular flexibility index (Phi) is 22.2. The Bertz CT molecular complexity index is 3730. The van der Waals surface area contributed by atoms with E-state index >= 15 is 4.79 Å². The number of hydrogen-bond acceptors (Lipinski definition) is 14. The van der Waals surface area contributed by atoms with Crippen LogP contribution < -0.4 is 47.9 Å². The van der Waals surface area contributed by atoms with Crippen LogP contribution >= 0.6 is 0 Å². The van der Waals surface area contributed by atoms with Gasteiger partial charge in [0.15, 0.2) is 0 Å². The molecule has 0 bridgehead atoms. The summed E-state index contributed by atoms with van der Waals surface area (Å²) in [5, 5.41) is 46.9. The molecule has 15 N–H and O–H groups in total. The third-order valence-corrected chi connectivity index (χ3v) is 16.3. The molecule has 28 heteroatoms. The molecule has 2 aliphatic rings. The number of carbonyl (C=O) groups is 10. The van der Waals surface area contributed by atoms with E-state index in [-0.39, 0.29) is 81.4 Å². The number of hydrogen-bond donors (Lipinski definition) is 15. The lowest BCUT2D eigenvalue weighted by molar-refractivity contribution is -0.141. The third-order valence-electron chi connectivity index (χ3n) is 16.3. The van der Waals surface area contributed by atoms with Crippen LogP contribution in [0.3, 0.4) is 0 Å². The molecule has 4 aromatic heterocycles. The summed E-state index contributed by atoms with van der Waals surface area (Å²) in [6.07, 6.45) is 9.69. The van der Waals surface area contributed by atoms with Crippen molar-refractivity contribution >= 4 is 80.9 Å². The van der Waals surface area contributed by atoms with Gasteiger partial charge < -0.3 is 82.9 Å². The lowest BCUT2D eigenvalue weighted by Gasteiger charge is -2.30. The number of nitrogens with one attached hydrogen (secondary N) is 13. The van der Waals surface area contributed by atoms with Gasteiger partial charge in [-0.1, -0.05) is 62.4 Å². The first-order valence-electron chi connectivity index (χ1n) is 30.8. The zero-order chi connectivity index (χ0) is 65.4. The molecular formula is C64H78N16O12. The van der Waals surface area contributed by atoms with Crippen LogP contribution in [0.25, 0.3) is 21.8 Å². The zero-order valence-corrected chi connectivity index (χ0v) is 51.2. The number of nitrogens with zero attached hydrogens (tertiary/aromatic N) is 3. The molecule has 486 valence electrons. The molecule has 3 aromatic carbocycles. The second-order valence-electron chi connectivity index (χ2n) is 23.5. The molecule has 28 nitrogen and oxygen atoms in total. The Morgan fingerprint density at radius 1 is 0.576 bits per heavy atom. The number of para-hydroxylation sites is 2. The van der Waals surface area contributed by atoms with Crippen LogP contribution in [0.4, 0.5) is 0 Å². The molecule has 7 aromatic rings. The minimum Gasteiger partial charge on any atom is -0.508 e. The van der Waals surface area contributed by atoms with E-state index < -0.39 is 108 Å². The van der Waals surface area contributed by atoms with E-state index in [2.05, 4.69) is 77.8 Å². The highest BCUT2D eigenvalue weighted by atomic mass is 16.3. The number of phenols is 1. The van der Waals surface area contributed by atoms with Crippen molar-refractivity contribution in [3.05, 3.63) is 138 Å². The number of benzene rings is 3. The van der Waals surface area contributed by atoms with E-state index in [1.807, 2.05) is 56.3 Å². The van der Waals surface area contributed by atoms with Gasteiger partial charge >= 0.3 is 0 Å². The van der Waals surface area contributed by atoms with Gasteiger partial charge in [-0.3, -0.25) is 47.9 Å². The Morgan fingerprint density at radius 3 is 1.57 bits per heavy atom. The molecule has 0 saturated carbocycles. The summed E-state index contributed by atoms with van der Waals surface area (Å²) in [5.41, 5.74) is 3.96. The minimum absolute atomic E-state index is 0.0163. The number of rotatable bonds is 30. The van der Waals surface area contributed by atoms with Gasteiger partial charge in [-0.15, -0.1) is 0 Å². The number of carbonyl (C=O) groups excluding carboxylic acids is 10. The number of aromatic nitrogens is 6. The van der Waals surface area contributed by atoms with Crippen molar-refractivity contribution < 1.29 is 58.2 Å². The predicted octanol–water partition coefficient (Wildman–Crippen LogP) is 0.152. The smallest absolute Gasteiger partial charge is 0.246 e. The van der Waals surface area contributed by atoms with Crippen molar-refractivity contribution in [1.82, 2.24) is 82.7 Å². The highest BCUT2D eigenvalue weighted by Crippen LogP contribution is 2.24. The number of imidazole rings is 2. The Hall–Kier alpha value is -10.4. The van der Waals surface area contributed by atoms with Gasteiger partial charge in [-0.05, 0) is 79.5 Å². The number of amides is 10. The van der Waals surface area contributed by atoms with Crippen LogP contribution in [-0.2, 0) is 80.0 Å². The maximum atomic E-state index is 15.0. The fraction of sp³-hybridized carbons (Fsp3) is 0.406. The summed E-state index contributed by atoms with van der Waals surface area (Å²) >= 11 is 0. The van der Waals surface area contributed by atoms with Crippen molar-refractivity contribution in [3.8, 4) is 5.75 Å². The van der Waals surface area contributed by atoms with Crippen LogP contribution in [0.15, 0.2) is 110 Å². The van der Waals surface area contributed by atoms with Gasteiger partial charge in [-0.2, -0.15) is 0 Å². The minimum atomic E-state index is -1.75. The summed E-state index contributed by atoms with van der Waals surface area (Å²) in [4.78, 5) is 164. The Labute approximate surface area is 528 Å². The normalized spacial score (nSPS) is 16.9. The number of aliphatic hydroxyl groups excluding tert-OH is 1. The highest BCUT2D eigenvalue weighted by Gasteiger charge is 2.40. The standard InChI is InChI=1S/C64H78N16O12/c1-4-67-63(91)54-14-9-21-80(54)64(92)52(23-36-15-17-41(82)18-16-36)78-58(86)48(24-37-28-68-44-12-7-5-10-42(37)44)74-57(85)47(22-35(2)3)73-60(88)51(27-40-31-66-34-71-40)77-62(90)53(32-81)79-59(87)49(25-38-29-69-45-13-8-6-11-43(38)45)75-61(89)50(26-39-30-65-33-70-39)76-56(84)46-19-20-55(83)72-46/h5-8,10-13,15-18,28-31,33-35,46-54,68-69,81-82H,4,9,14,19-27,32H2,1-3H3,(H,65,70)(H,66,71)(H,67,91)(H,72,83)(H,73,88)(H,74,85)(H,75,89)(H,76,84)(H,77,90)(H,78,86)(H,79,87)/t46-,47+,48-,49-,50-,51-,52-,53-,54-/m0/s1. The van der Waals surface area contributed by atoms with Crippen LogP contribution in [0.5, 0.6) is 5.75 Å². The fourth-order valence-electron chi connectivity index (χ4n) is 11.6. The summed E-state index contributed by atoms with van der Waals surface area (Å²) in [6, 6.07) is 8.93. The molecule has 92 heavy (non-hydrogen) atoms. The first kappa shape index (κ1) is 66.0. The number of phenolic OH excluding ortho intramolecular Hbond substituents is 1. The number of H-pyrrole nitrogens is 4. The van der Waals surface area contributed by atoms with E-state index in [9.17, 15) is 53.4 Å². The van der Waals surface area contributed by atoms with Gasteiger partial charge in [0.2, 0.25) is 59.1 Å². The molecule has 0 spiro atoms. The van der Waals surface area contributed by atoms with Crippen LogP contribution in [0.2, 0.25) is 0 Å². The second-order valence-corrected chi connectivity index (χ2v) is 23.5. The summed E-state index contributed by atoms with van der Waals surface area (Å²) in [6.45, 7) is 4.99. The topological polar surface area (TPSA) is 412 Å². The molecule has 2 saturated heterocycles. The fourth-order valence-corrected chi connectivity index (χ4v) is 11.6. The lowest BCUT2D eigenvalue weighted by Crippen LogP contribution is -2.61. The number of aliphatic hydroxyl groups is 1. The van der Waals surface area contributed by atoms with Crippen molar-refractivity contribution in [1.29, 1.82) is 0 Å². The second kappa shape index (κ2) is 30.9. The van der Waals surface area contributed by atoms with Crippen LogP contribution in [0, 0.1) is 5.92 Å². The molecule has 10 amide bonds. The maximum Gasteiger partial charge on any atom is 0.246 e. The Morgan fingerprint density at radius 2 is 1.07 bits per heavy atom. The molecule has 9 atom stereocenters. The lowest BCUT2D eigenvalue weighted by atomic mass is 9.99. The van der Waals surface area contributed by atoms with Crippen molar-refractivity contribution in [2.24, 2.45) is 5.92 Å². The largest absolute Gasteiger partial charge is 0.508 e. The SMILES string of the molecule is CCNC(=O)[C@@H]1CCCN1C(=O)[C@H](Cc1ccc(O)cc1)NC(=O)[C@H](Cc1c[nH]c2ccccc12)NC(=O)[C@@H](CC(C)C)NC(=O)[C@H](Cc1c[nH]cn1)NC(=O)[C@H](CO)NC(=O)[C@H](Cc1c[nH]c2ccccc12)NC(=O)[C@H](Cc1c[nH]cn1)NC(=O)[C@@H]1CCC(=O)N1. The van der Waals surface area contributed by atoms with E-state index in [0.717, 1.165) is 16.4 Å². The third kappa shape index (κ3) is 17.1. The number of aromatic amines is 4.